The van der Waals surface area contributed by atoms with Gasteiger partial charge in [0.25, 0.3) is 0 Å². The predicted molar refractivity (Wildman–Crippen MR) is 128 cm³/mol. The van der Waals surface area contributed by atoms with Crippen molar-refractivity contribution in [3.8, 4) is 22.8 Å². The van der Waals surface area contributed by atoms with Crippen LogP contribution < -0.4 is 4.74 Å². The van der Waals surface area contributed by atoms with Crippen molar-refractivity contribution in [2.75, 3.05) is 19.6 Å². The fraction of sp³-hybridized carbons (Fsp3) is 0.333. The Morgan fingerprint density at radius 3 is 2.64 bits per heavy atom. The van der Waals surface area contributed by atoms with Gasteiger partial charge < -0.3 is 19.3 Å². The Kier molecular flexibility index (Phi) is 5.23. The summed E-state index contributed by atoms with van der Waals surface area (Å²) >= 11 is 0. The molecule has 0 radical (unpaired) electrons. The Morgan fingerprint density at radius 1 is 1.00 bits per heavy atom. The Hall–Kier alpha value is -3.38. The predicted octanol–water partition coefficient (Wildman–Crippen LogP) is 5.04. The number of nitrogens with zero attached hydrogens (tertiary/aromatic N) is 4. The van der Waals surface area contributed by atoms with Gasteiger partial charge in [-0.1, -0.05) is 42.5 Å². The molecule has 6 nitrogen and oxygen atoms in total. The summed E-state index contributed by atoms with van der Waals surface area (Å²) in [6, 6.07) is 18.6. The van der Waals surface area contributed by atoms with Gasteiger partial charge in [-0.15, -0.1) is 0 Å². The average Bonchev–Trinajstić information content (AvgIpc) is 3.17. The summed E-state index contributed by atoms with van der Waals surface area (Å²) in [5, 5.41) is 11.3. The van der Waals surface area contributed by atoms with E-state index in [0.717, 1.165) is 46.8 Å². The second-order valence-electron chi connectivity index (χ2n) is 9.29. The molecule has 6 heteroatoms. The van der Waals surface area contributed by atoms with Gasteiger partial charge in [-0.05, 0) is 61.5 Å². The van der Waals surface area contributed by atoms with Gasteiger partial charge in [-0.25, -0.2) is 9.97 Å². The van der Waals surface area contributed by atoms with Gasteiger partial charge in [0, 0.05) is 24.3 Å². The van der Waals surface area contributed by atoms with E-state index < -0.39 is 0 Å². The number of rotatable bonds is 7. The summed E-state index contributed by atoms with van der Waals surface area (Å²) in [5.74, 6) is 1.58. The van der Waals surface area contributed by atoms with E-state index in [2.05, 4.69) is 37.8 Å². The molecule has 0 spiro atoms. The number of ether oxygens (including phenoxy) is 1. The average molecular weight is 441 g/mol. The third-order valence-corrected chi connectivity index (χ3v) is 7.05. The largest absolute Gasteiger partial charge is 0.493 e. The van der Waals surface area contributed by atoms with Crippen LogP contribution in [-0.4, -0.2) is 44.2 Å². The third kappa shape index (κ3) is 3.95. The zero-order valence-electron chi connectivity index (χ0n) is 18.6. The Balaban J connectivity index is 1.27. The number of aromatic hydroxyl groups is 1. The number of aromatic nitrogens is 3. The highest BCUT2D eigenvalue weighted by Gasteiger charge is 2.34. The fourth-order valence-corrected chi connectivity index (χ4v) is 5.07. The fourth-order valence-electron chi connectivity index (χ4n) is 5.07. The van der Waals surface area contributed by atoms with Crippen LogP contribution in [0.2, 0.25) is 0 Å². The smallest absolute Gasteiger partial charge is 0.224 e. The van der Waals surface area contributed by atoms with Gasteiger partial charge in [0.2, 0.25) is 5.88 Å². The maximum absolute atomic E-state index is 10.6. The van der Waals surface area contributed by atoms with E-state index in [9.17, 15) is 5.11 Å². The molecule has 0 unspecified atom stereocenters. The molecule has 1 aliphatic carbocycles. The number of fused-ring (bicyclic) bond motifs is 1. The van der Waals surface area contributed by atoms with E-state index in [4.69, 9.17) is 4.74 Å². The molecular formula is C27H28N4O2. The SMILES string of the molecule is Oc1ncnc2c1c(-c1cccc(OCc3ccccc3)c1)cn2[C@H]1C[C@@H](CN2CCC2)C1. The van der Waals surface area contributed by atoms with Gasteiger partial charge in [-0.2, -0.15) is 0 Å². The lowest BCUT2D eigenvalue weighted by atomic mass is 9.79. The van der Waals surface area contributed by atoms with E-state index in [-0.39, 0.29) is 5.88 Å². The van der Waals surface area contributed by atoms with Crippen LogP contribution in [0.25, 0.3) is 22.2 Å². The second kappa shape index (κ2) is 8.52. The molecule has 2 aromatic carbocycles. The van der Waals surface area contributed by atoms with Crippen LogP contribution in [0.4, 0.5) is 0 Å². The van der Waals surface area contributed by atoms with Gasteiger partial charge in [0.15, 0.2) is 0 Å². The molecule has 0 amide bonds. The van der Waals surface area contributed by atoms with E-state index in [0.29, 0.717) is 18.0 Å². The summed E-state index contributed by atoms with van der Waals surface area (Å²) in [4.78, 5) is 11.2. The molecule has 0 atom stereocenters. The summed E-state index contributed by atoms with van der Waals surface area (Å²) in [6.45, 7) is 4.23. The zero-order chi connectivity index (χ0) is 22.2. The molecule has 3 heterocycles. The highest BCUT2D eigenvalue weighted by atomic mass is 16.5. The van der Waals surface area contributed by atoms with Crippen LogP contribution >= 0.6 is 0 Å². The molecular weight excluding hydrogens is 412 g/mol. The quantitative estimate of drug-likeness (QED) is 0.436. The number of benzene rings is 2. The molecule has 1 saturated carbocycles. The van der Waals surface area contributed by atoms with Crippen LogP contribution in [0.15, 0.2) is 67.1 Å². The van der Waals surface area contributed by atoms with Gasteiger partial charge in [0.05, 0.1) is 5.39 Å². The lowest BCUT2D eigenvalue weighted by molar-refractivity contribution is 0.0921. The minimum absolute atomic E-state index is 0.0285. The standard InChI is InChI=1S/C27H28N4O2/c32-27-25-24(21-8-4-9-23(14-21)33-17-19-6-2-1-3-7-19)16-31(26(25)28-18-29-27)22-12-20(13-22)15-30-10-5-11-30/h1-4,6-9,14,16,18,20,22H,5,10-13,15,17H2,(H,28,29,32)/t20-,22+. The molecule has 0 bridgehead atoms. The van der Waals surface area contributed by atoms with Crippen molar-refractivity contribution >= 4 is 11.0 Å². The molecule has 1 N–H and O–H groups in total. The van der Waals surface area contributed by atoms with Crippen molar-refractivity contribution in [3.63, 3.8) is 0 Å². The van der Waals surface area contributed by atoms with Crippen LogP contribution in [0.1, 0.15) is 30.9 Å². The first-order valence-corrected chi connectivity index (χ1v) is 11.8. The van der Waals surface area contributed by atoms with Crippen molar-refractivity contribution in [1.82, 2.24) is 19.4 Å². The third-order valence-electron chi connectivity index (χ3n) is 7.05. The summed E-state index contributed by atoms with van der Waals surface area (Å²) in [6.07, 6.45) is 7.24. The molecule has 2 aliphatic rings. The monoisotopic (exact) mass is 440 g/mol. The van der Waals surface area contributed by atoms with Crippen LogP contribution in [0.5, 0.6) is 11.6 Å². The van der Waals surface area contributed by atoms with Crippen LogP contribution in [0.3, 0.4) is 0 Å². The molecule has 1 saturated heterocycles. The van der Waals surface area contributed by atoms with Gasteiger partial charge >= 0.3 is 0 Å². The van der Waals surface area contributed by atoms with Gasteiger partial charge in [0.1, 0.15) is 24.3 Å². The van der Waals surface area contributed by atoms with Crippen molar-refractivity contribution in [3.05, 3.63) is 72.7 Å². The maximum atomic E-state index is 10.6. The molecule has 33 heavy (non-hydrogen) atoms. The van der Waals surface area contributed by atoms with Crippen molar-refractivity contribution in [2.24, 2.45) is 5.92 Å². The summed E-state index contributed by atoms with van der Waals surface area (Å²) in [5.41, 5.74) is 3.87. The molecule has 4 aromatic rings. The zero-order valence-corrected chi connectivity index (χ0v) is 18.6. The topological polar surface area (TPSA) is 63.4 Å². The normalized spacial score (nSPS) is 20.4. The minimum atomic E-state index is 0.0285. The number of hydrogen-bond donors (Lipinski definition) is 1. The maximum Gasteiger partial charge on any atom is 0.224 e. The number of likely N-dealkylation sites (tertiary alicyclic amines) is 1. The highest BCUT2D eigenvalue weighted by Crippen LogP contribution is 2.44. The summed E-state index contributed by atoms with van der Waals surface area (Å²) < 4.78 is 8.29. The van der Waals surface area contributed by atoms with Crippen molar-refractivity contribution in [2.45, 2.75) is 31.9 Å². The van der Waals surface area contributed by atoms with Crippen LogP contribution in [-0.2, 0) is 6.61 Å². The summed E-state index contributed by atoms with van der Waals surface area (Å²) in [7, 11) is 0. The Labute approximate surface area is 193 Å². The van der Waals surface area contributed by atoms with Crippen LogP contribution in [0, 0.1) is 5.92 Å². The Bertz CT molecular complexity index is 1260. The first kappa shape index (κ1) is 20.2. The molecule has 6 rings (SSSR count). The lowest BCUT2D eigenvalue weighted by Crippen LogP contribution is -2.43. The van der Waals surface area contributed by atoms with Gasteiger partial charge in [-0.3, -0.25) is 0 Å². The molecule has 1 aliphatic heterocycles. The minimum Gasteiger partial charge on any atom is -0.493 e. The van der Waals surface area contributed by atoms with Crippen molar-refractivity contribution < 1.29 is 9.84 Å². The highest BCUT2D eigenvalue weighted by molar-refractivity contribution is 5.97. The molecule has 168 valence electrons. The Morgan fingerprint density at radius 2 is 1.85 bits per heavy atom. The first-order valence-electron chi connectivity index (χ1n) is 11.8. The lowest BCUT2D eigenvalue weighted by Gasteiger charge is -2.42. The van der Waals surface area contributed by atoms with E-state index in [1.807, 2.05) is 42.5 Å². The first-order chi connectivity index (χ1) is 16.2. The molecule has 2 fully saturated rings. The van der Waals surface area contributed by atoms with E-state index in [1.165, 1.54) is 32.4 Å². The van der Waals surface area contributed by atoms with E-state index >= 15 is 0 Å². The van der Waals surface area contributed by atoms with E-state index in [1.54, 1.807) is 0 Å². The number of hydrogen-bond acceptors (Lipinski definition) is 5. The van der Waals surface area contributed by atoms with Crippen molar-refractivity contribution in [1.29, 1.82) is 0 Å². The molecule has 2 aromatic heterocycles. The second-order valence-corrected chi connectivity index (χ2v) is 9.29.